The number of halogens is 3. The van der Waals surface area contributed by atoms with Gasteiger partial charge in [0, 0.05) is 32.3 Å². The summed E-state index contributed by atoms with van der Waals surface area (Å²) in [6, 6.07) is 2.41. The summed E-state index contributed by atoms with van der Waals surface area (Å²) in [5, 5.41) is 2.79. The van der Waals surface area contributed by atoms with Gasteiger partial charge in [0.15, 0.2) is 0 Å². The summed E-state index contributed by atoms with van der Waals surface area (Å²) in [7, 11) is 0. The molecule has 1 N–H and O–H groups in total. The highest BCUT2D eigenvalue weighted by molar-refractivity contribution is 5.73. The van der Waals surface area contributed by atoms with Crippen LogP contribution in [0.5, 0.6) is 0 Å². The topological polar surface area (TPSA) is 45.2 Å². The monoisotopic (exact) mass is 273 g/mol. The number of alkyl halides is 3. The van der Waals surface area contributed by atoms with Gasteiger partial charge in [-0.3, -0.25) is 4.79 Å². The zero-order valence-corrected chi connectivity index (χ0v) is 10.4. The van der Waals surface area contributed by atoms with Gasteiger partial charge in [-0.25, -0.2) is 4.98 Å². The highest BCUT2D eigenvalue weighted by Gasteiger charge is 2.31. The van der Waals surface area contributed by atoms with Gasteiger partial charge in [-0.15, -0.1) is 0 Å². The lowest BCUT2D eigenvalue weighted by Gasteiger charge is -2.18. The quantitative estimate of drug-likeness (QED) is 0.894. The minimum atomic E-state index is -4.37. The first-order chi connectivity index (χ1) is 8.86. The third-order valence-electron chi connectivity index (χ3n) is 2.99. The van der Waals surface area contributed by atoms with E-state index in [-0.39, 0.29) is 11.9 Å². The van der Waals surface area contributed by atoms with Gasteiger partial charge in [0.1, 0.15) is 5.82 Å². The van der Waals surface area contributed by atoms with Crippen LogP contribution in [-0.4, -0.2) is 30.0 Å². The van der Waals surface area contributed by atoms with Crippen LogP contribution in [0, 0.1) is 0 Å². The first-order valence-electron chi connectivity index (χ1n) is 5.91. The minimum absolute atomic E-state index is 0.0293. The molecule has 1 atom stereocenters. The SMILES string of the molecule is CC(=O)NC1CCN(c2ccc(C(F)(F)F)cn2)C1. The number of hydrogen-bond donors (Lipinski definition) is 1. The van der Waals surface area contributed by atoms with Gasteiger partial charge in [0.25, 0.3) is 0 Å². The molecule has 2 rings (SSSR count). The first-order valence-corrected chi connectivity index (χ1v) is 5.91. The normalized spacial score (nSPS) is 19.6. The number of amides is 1. The van der Waals surface area contributed by atoms with Gasteiger partial charge in [-0.2, -0.15) is 13.2 Å². The van der Waals surface area contributed by atoms with E-state index in [1.807, 2.05) is 4.90 Å². The molecule has 0 saturated carbocycles. The number of rotatable bonds is 2. The predicted octanol–water partition coefficient (Wildman–Crippen LogP) is 1.82. The van der Waals surface area contributed by atoms with Crippen LogP contribution < -0.4 is 10.2 Å². The van der Waals surface area contributed by atoms with Crippen molar-refractivity contribution in [3.63, 3.8) is 0 Å². The van der Waals surface area contributed by atoms with Crippen molar-refractivity contribution in [2.24, 2.45) is 0 Å². The highest BCUT2D eigenvalue weighted by atomic mass is 19.4. The Balaban J connectivity index is 2.02. The molecule has 4 nitrogen and oxygen atoms in total. The molecule has 19 heavy (non-hydrogen) atoms. The summed E-state index contributed by atoms with van der Waals surface area (Å²) >= 11 is 0. The molecule has 0 aliphatic carbocycles. The molecule has 0 radical (unpaired) electrons. The maximum absolute atomic E-state index is 12.4. The van der Waals surface area contributed by atoms with Gasteiger partial charge in [-0.1, -0.05) is 0 Å². The molecule has 1 fully saturated rings. The zero-order valence-electron chi connectivity index (χ0n) is 10.4. The second kappa shape index (κ2) is 5.07. The number of aromatic nitrogens is 1. The fourth-order valence-electron chi connectivity index (χ4n) is 2.11. The lowest BCUT2D eigenvalue weighted by atomic mass is 10.2. The number of nitrogens with one attached hydrogen (secondary N) is 1. The van der Waals surface area contributed by atoms with E-state index in [0.29, 0.717) is 18.9 Å². The molecule has 2 heterocycles. The van der Waals surface area contributed by atoms with Crippen LogP contribution >= 0.6 is 0 Å². The van der Waals surface area contributed by atoms with Crippen LogP contribution in [0.4, 0.5) is 19.0 Å². The van der Waals surface area contributed by atoms with Crippen molar-refractivity contribution < 1.29 is 18.0 Å². The summed E-state index contributed by atoms with van der Waals surface area (Å²) in [4.78, 5) is 16.6. The smallest absolute Gasteiger partial charge is 0.354 e. The molecular weight excluding hydrogens is 259 g/mol. The van der Waals surface area contributed by atoms with Gasteiger partial charge in [0.05, 0.1) is 5.56 Å². The summed E-state index contributed by atoms with van der Waals surface area (Å²) < 4.78 is 37.2. The minimum Gasteiger partial charge on any atom is -0.354 e. The number of pyridine rings is 1. The van der Waals surface area contributed by atoms with Crippen LogP contribution in [0.3, 0.4) is 0 Å². The molecule has 1 amide bonds. The van der Waals surface area contributed by atoms with Crippen LogP contribution in [0.1, 0.15) is 18.9 Å². The molecule has 0 bridgehead atoms. The number of anilines is 1. The standard InChI is InChI=1S/C12H14F3N3O/c1-8(19)17-10-4-5-18(7-10)11-3-2-9(6-16-11)12(13,14)15/h2-3,6,10H,4-5,7H2,1H3,(H,17,19). The lowest BCUT2D eigenvalue weighted by Crippen LogP contribution is -2.35. The van der Waals surface area contributed by atoms with Gasteiger partial charge >= 0.3 is 6.18 Å². The van der Waals surface area contributed by atoms with E-state index in [1.165, 1.54) is 13.0 Å². The van der Waals surface area contributed by atoms with Gasteiger partial charge in [-0.05, 0) is 18.6 Å². The summed E-state index contributed by atoms with van der Waals surface area (Å²) in [6.07, 6.45) is -2.77. The van der Waals surface area contributed by atoms with E-state index in [4.69, 9.17) is 0 Å². The second-order valence-electron chi connectivity index (χ2n) is 4.53. The Morgan fingerprint density at radius 2 is 2.21 bits per heavy atom. The average Bonchev–Trinajstić information content (AvgIpc) is 2.75. The Bertz CT molecular complexity index is 458. The Hall–Kier alpha value is -1.79. The Morgan fingerprint density at radius 3 is 2.74 bits per heavy atom. The molecule has 1 aromatic rings. The predicted molar refractivity (Wildman–Crippen MR) is 63.7 cm³/mol. The molecule has 7 heteroatoms. The fourth-order valence-corrected chi connectivity index (χ4v) is 2.11. The molecule has 1 unspecified atom stereocenters. The van der Waals surface area contributed by atoms with Crippen molar-refractivity contribution in [2.45, 2.75) is 25.6 Å². The number of nitrogens with zero attached hydrogens (tertiary/aromatic N) is 2. The summed E-state index contributed by atoms with van der Waals surface area (Å²) in [6.45, 7) is 2.68. The zero-order chi connectivity index (χ0) is 14.0. The Labute approximate surface area is 108 Å². The maximum atomic E-state index is 12.4. The van der Waals surface area contributed by atoms with Crippen molar-refractivity contribution in [3.8, 4) is 0 Å². The van der Waals surface area contributed by atoms with Crippen LogP contribution in [0.15, 0.2) is 18.3 Å². The van der Waals surface area contributed by atoms with Crippen molar-refractivity contribution >= 4 is 11.7 Å². The first kappa shape index (κ1) is 13.6. The van der Waals surface area contributed by atoms with Crippen molar-refractivity contribution in [1.82, 2.24) is 10.3 Å². The highest BCUT2D eigenvalue weighted by Crippen LogP contribution is 2.29. The Kier molecular flexibility index (Phi) is 3.64. The fraction of sp³-hybridized carbons (Fsp3) is 0.500. The van der Waals surface area contributed by atoms with Crippen LogP contribution in [-0.2, 0) is 11.0 Å². The molecule has 1 aromatic heterocycles. The third kappa shape index (κ3) is 3.36. The Morgan fingerprint density at radius 1 is 1.47 bits per heavy atom. The van der Waals surface area contributed by atoms with Crippen LogP contribution in [0.2, 0.25) is 0 Å². The number of carbonyl (C=O) groups excluding carboxylic acids is 1. The molecule has 0 aromatic carbocycles. The van der Waals surface area contributed by atoms with Crippen molar-refractivity contribution in [3.05, 3.63) is 23.9 Å². The molecule has 0 spiro atoms. The molecule has 1 aliphatic heterocycles. The molecule has 104 valence electrons. The maximum Gasteiger partial charge on any atom is 0.417 e. The summed E-state index contributed by atoms with van der Waals surface area (Å²) in [5.74, 6) is 0.396. The van der Waals surface area contributed by atoms with Crippen molar-refractivity contribution in [1.29, 1.82) is 0 Å². The largest absolute Gasteiger partial charge is 0.417 e. The van der Waals surface area contributed by atoms with E-state index >= 15 is 0 Å². The van der Waals surface area contributed by atoms with Gasteiger partial charge < -0.3 is 10.2 Å². The van der Waals surface area contributed by atoms with E-state index in [2.05, 4.69) is 10.3 Å². The third-order valence-corrected chi connectivity index (χ3v) is 2.99. The average molecular weight is 273 g/mol. The van der Waals surface area contributed by atoms with E-state index in [1.54, 1.807) is 0 Å². The van der Waals surface area contributed by atoms with E-state index < -0.39 is 11.7 Å². The van der Waals surface area contributed by atoms with Crippen molar-refractivity contribution in [2.75, 3.05) is 18.0 Å². The van der Waals surface area contributed by atoms with Gasteiger partial charge in [0.2, 0.25) is 5.91 Å². The van der Waals surface area contributed by atoms with E-state index in [0.717, 1.165) is 18.7 Å². The molecule has 1 aliphatic rings. The molecular formula is C12H14F3N3O. The second-order valence-corrected chi connectivity index (χ2v) is 4.53. The van der Waals surface area contributed by atoms with Crippen LogP contribution in [0.25, 0.3) is 0 Å². The lowest BCUT2D eigenvalue weighted by molar-refractivity contribution is -0.137. The van der Waals surface area contributed by atoms with E-state index in [9.17, 15) is 18.0 Å². The molecule has 1 saturated heterocycles. The number of hydrogen-bond acceptors (Lipinski definition) is 3. The summed E-state index contributed by atoms with van der Waals surface area (Å²) in [5.41, 5.74) is -0.756. The number of carbonyl (C=O) groups is 1.